The number of likely N-dealkylation sites (N-methyl/N-ethyl adjacent to an activating group) is 1. The first-order valence-corrected chi connectivity index (χ1v) is 14.8. The maximum absolute atomic E-state index is 13.7. The lowest BCUT2D eigenvalue weighted by Crippen LogP contribution is -2.49. The van der Waals surface area contributed by atoms with Crippen molar-refractivity contribution in [1.29, 1.82) is 0 Å². The molecule has 2 N–H and O–H groups in total. The smallest absolute Gasteiger partial charge is 0.262 e. The van der Waals surface area contributed by atoms with E-state index >= 15 is 0 Å². The number of nitrogens with zero attached hydrogens (tertiary/aromatic N) is 2. The number of aromatic hydroxyl groups is 1. The summed E-state index contributed by atoms with van der Waals surface area (Å²) in [7, 11) is 0. The van der Waals surface area contributed by atoms with Crippen molar-refractivity contribution in [3.63, 3.8) is 0 Å². The summed E-state index contributed by atoms with van der Waals surface area (Å²) in [5.74, 6) is -0.465. The van der Waals surface area contributed by atoms with E-state index in [-0.39, 0.29) is 29.9 Å². The molecule has 216 valence electrons. The second kappa shape index (κ2) is 14.7. The first-order chi connectivity index (χ1) is 19.2. The summed E-state index contributed by atoms with van der Waals surface area (Å²) < 4.78 is 1.62. The zero-order chi connectivity index (χ0) is 29.2. The Morgan fingerprint density at radius 1 is 0.925 bits per heavy atom. The molecule has 1 atom stereocenters. The number of hydrogen-bond donors (Lipinski definition) is 2. The number of nitrogens with one attached hydrogen (secondary N) is 1. The second-order valence-corrected chi connectivity index (χ2v) is 10.5. The normalized spacial score (nSPS) is 11.9. The van der Waals surface area contributed by atoms with Crippen molar-refractivity contribution in [2.24, 2.45) is 0 Å². The molecule has 2 amide bonds. The number of hydrogen-bond acceptors (Lipinski definition) is 4. The molecule has 7 nitrogen and oxygen atoms in total. The molecule has 0 bridgehead atoms. The van der Waals surface area contributed by atoms with Gasteiger partial charge in [0.1, 0.15) is 11.8 Å². The number of amides is 2. The van der Waals surface area contributed by atoms with Crippen molar-refractivity contribution >= 4 is 28.6 Å². The molecule has 0 aliphatic heterocycles. The minimum Gasteiger partial charge on any atom is -0.508 e. The summed E-state index contributed by atoms with van der Waals surface area (Å²) in [5.41, 5.74) is 3.71. The highest BCUT2D eigenvalue weighted by Gasteiger charge is 2.26. The Hall–Kier alpha value is -3.61. The molecule has 1 unspecified atom stereocenters. The van der Waals surface area contributed by atoms with E-state index < -0.39 is 6.04 Å². The Bertz CT molecular complexity index is 1310. The third kappa shape index (κ3) is 7.32. The second-order valence-electron chi connectivity index (χ2n) is 10.5. The minimum atomic E-state index is -0.589. The number of aromatic nitrogens is 1. The SMILES string of the molecule is CCCCCC(NC(=O)Cc1c(C)n(C(=O)c2ccc(CCCC)cc2)c2ccc(O)cc12)C(=O)N(CC)CC. The van der Waals surface area contributed by atoms with Crippen LogP contribution >= 0.6 is 0 Å². The van der Waals surface area contributed by atoms with Crippen LogP contribution in [0.2, 0.25) is 0 Å². The standard InChI is InChI=1S/C33H45N3O4/c1-6-10-12-14-29(33(40)35(8-3)9-4)34-31(38)22-27-23(5)36(30-20-19-26(37)21-28(27)30)32(39)25-17-15-24(16-18-25)13-11-7-2/h15-21,29,37H,6-14,22H2,1-5H3,(H,34,38). The maximum Gasteiger partial charge on any atom is 0.262 e. The van der Waals surface area contributed by atoms with Gasteiger partial charge in [0.15, 0.2) is 0 Å². The van der Waals surface area contributed by atoms with Crippen LogP contribution in [0.1, 0.15) is 93.4 Å². The number of unbranched alkanes of at least 4 members (excludes halogenated alkanes) is 3. The highest BCUT2D eigenvalue weighted by Crippen LogP contribution is 2.30. The van der Waals surface area contributed by atoms with Crippen LogP contribution in [0.15, 0.2) is 42.5 Å². The number of carbonyl (C=O) groups excluding carboxylic acids is 3. The Balaban J connectivity index is 1.91. The molecule has 0 fully saturated rings. The van der Waals surface area contributed by atoms with E-state index in [0.29, 0.717) is 47.2 Å². The summed E-state index contributed by atoms with van der Waals surface area (Å²) in [6, 6.07) is 12.0. The fourth-order valence-corrected chi connectivity index (χ4v) is 5.30. The number of aryl methyl sites for hydroxylation is 1. The van der Waals surface area contributed by atoms with E-state index in [0.717, 1.165) is 38.5 Å². The van der Waals surface area contributed by atoms with Crippen molar-refractivity contribution in [2.75, 3.05) is 13.1 Å². The molecule has 3 aromatic rings. The molecule has 0 saturated carbocycles. The van der Waals surface area contributed by atoms with Crippen molar-refractivity contribution in [1.82, 2.24) is 14.8 Å². The largest absolute Gasteiger partial charge is 0.508 e. The Morgan fingerprint density at radius 3 is 2.23 bits per heavy atom. The van der Waals surface area contributed by atoms with E-state index in [1.807, 2.05) is 45.0 Å². The Labute approximate surface area is 238 Å². The van der Waals surface area contributed by atoms with Gasteiger partial charge in [0.2, 0.25) is 11.8 Å². The fraction of sp³-hybridized carbons (Fsp3) is 0.485. The van der Waals surface area contributed by atoms with E-state index in [4.69, 9.17) is 0 Å². The molecule has 7 heteroatoms. The first-order valence-electron chi connectivity index (χ1n) is 14.8. The highest BCUT2D eigenvalue weighted by molar-refractivity contribution is 6.05. The first kappa shape index (κ1) is 30.9. The molecule has 0 radical (unpaired) electrons. The average molecular weight is 548 g/mol. The van der Waals surface area contributed by atoms with Crippen LogP contribution in [0.4, 0.5) is 0 Å². The molecule has 0 spiro atoms. The molecule has 0 aliphatic rings. The number of benzene rings is 2. The predicted molar refractivity (Wildman–Crippen MR) is 161 cm³/mol. The molecule has 0 saturated heterocycles. The lowest BCUT2D eigenvalue weighted by molar-refractivity contribution is -0.136. The number of fused-ring (bicyclic) bond motifs is 1. The molecule has 1 aromatic heterocycles. The van der Waals surface area contributed by atoms with Crippen LogP contribution in [0.5, 0.6) is 5.75 Å². The van der Waals surface area contributed by atoms with Gasteiger partial charge in [0.05, 0.1) is 11.9 Å². The molecular weight excluding hydrogens is 502 g/mol. The summed E-state index contributed by atoms with van der Waals surface area (Å²) in [5, 5.41) is 13.9. The zero-order valence-corrected chi connectivity index (χ0v) is 24.8. The topological polar surface area (TPSA) is 91.6 Å². The van der Waals surface area contributed by atoms with Crippen LogP contribution in [0.25, 0.3) is 10.9 Å². The monoisotopic (exact) mass is 547 g/mol. The van der Waals surface area contributed by atoms with Gasteiger partial charge in [-0.3, -0.25) is 19.0 Å². The maximum atomic E-state index is 13.7. The van der Waals surface area contributed by atoms with Gasteiger partial charge in [-0.1, -0.05) is 51.7 Å². The third-order valence-corrected chi connectivity index (χ3v) is 7.68. The van der Waals surface area contributed by atoms with Gasteiger partial charge >= 0.3 is 0 Å². The quantitative estimate of drug-likeness (QED) is 0.236. The summed E-state index contributed by atoms with van der Waals surface area (Å²) in [6.07, 6.45) is 6.65. The zero-order valence-electron chi connectivity index (χ0n) is 24.8. The van der Waals surface area contributed by atoms with Crippen LogP contribution in [0, 0.1) is 6.92 Å². The van der Waals surface area contributed by atoms with Crippen LogP contribution in [-0.2, 0) is 22.4 Å². The van der Waals surface area contributed by atoms with Crippen LogP contribution < -0.4 is 5.32 Å². The van der Waals surface area contributed by atoms with Gasteiger partial charge < -0.3 is 15.3 Å². The minimum absolute atomic E-state index is 0.00215. The molecule has 1 heterocycles. The van der Waals surface area contributed by atoms with Crippen molar-refractivity contribution in [3.8, 4) is 5.75 Å². The van der Waals surface area contributed by atoms with Gasteiger partial charge in [-0.25, -0.2) is 0 Å². The van der Waals surface area contributed by atoms with E-state index in [1.54, 1.807) is 27.7 Å². The Kier molecular flexibility index (Phi) is 11.4. The van der Waals surface area contributed by atoms with Gasteiger partial charge in [0.25, 0.3) is 5.91 Å². The van der Waals surface area contributed by atoms with Crippen LogP contribution in [-0.4, -0.2) is 51.4 Å². The van der Waals surface area contributed by atoms with Crippen molar-refractivity contribution in [2.45, 2.75) is 92.0 Å². The molecule has 0 aliphatic carbocycles. The van der Waals surface area contributed by atoms with E-state index in [2.05, 4.69) is 19.2 Å². The van der Waals surface area contributed by atoms with E-state index in [9.17, 15) is 19.5 Å². The number of phenolic OH excluding ortho intramolecular Hbond substituents is 1. The van der Waals surface area contributed by atoms with Crippen LogP contribution in [0.3, 0.4) is 0 Å². The summed E-state index contributed by atoms with van der Waals surface area (Å²) in [4.78, 5) is 42.0. The summed E-state index contributed by atoms with van der Waals surface area (Å²) in [6.45, 7) is 11.1. The number of carbonyl (C=O) groups is 3. The highest BCUT2D eigenvalue weighted by atomic mass is 16.3. The van der Waals surface area contributed by atoms with E-state index in [1.165, 1.54) is 5.56 Å². The molecule has 2 aromatic carbocycles. The number of rotatable bonds is 14. The van der Waals surface area contributed by atoms with Crippen molar-refractivity contribution in [3.05, 3.63) is 64.8 Å². The Morgan fingerprint density at radius 2 is 1.60 bits per heavy atom. The number of phenols is 1. The molecular formula is C33H45N3O4. The van der Waals surface area contributed by atoms with Gasteiger partial charge in [-0.15, -0.1) is 0 Å². The molecule has 40 heavy (non-hydrogen) atoms. The average Bonchev–Trinajstić information content (AvgIpc) is 3.21. The van der Waals surface area contributed by atoms with Gasteiger partial charge in [-0.2, -0.15) is 0 Å². The lowest BCUT2D eigenvalue weighted by atomic mass is 10.0. The molecule has 3 rings (SSSR count). The third-order valence-electron chi connectivity index (χ3n) is 7.68. The predicted octanol–water partition coefficient (Wildman–Crippen LogP) is 6.16. The lowest BCUT2D eigenvalue weighted by Gasteiger charge is -2.26. The van der Waals surface area contributed by atoms with Gasteiger partial charge in [-0.05, 0) is 81.5 Å². The van der Waals surface area contributed by atoms with Gasteiger partial charge in [0, 0.05) is 29.7 Å². The summed E-state index contributed by atoms with van der Waals surface area (Å²) >= 11 is 0. The van der Waals surface area contributed by atoms with Crippen molar-refractivity contribution < 1.29 is 19.5 Å². The fourth-order valence-electron chi connectivity index (χ4n) is 5.30.